The number of fused-ring (bicyclic) bond motifs is 1. The van der Waals surface area contributed by atoms with Gasteiger partial charge in [-0.25, -0.2) is 9.78 Å². The van der Waals surface area contributed by atoms with Crippen LogP contribution in [0.1, 0.15) is 44.6 Å². The third kappa shape index (κ3) is 3.52. The van der Waals surface area contributed by atoms with E-state index >= 15 is 0 Å². The van der Waals surface area contributed by atoms with Crippen molar-refractivity contribution in [2.24, 2.45) is 0 Å². The van der Waals surface area contributed by atoms with Crippen molar-refractivity contribution in [1.82, 2.24) is 15.3 Å². The Hall–Kier alpha value is -3.09. The highest BCUT2D eigenvalue weighted by atomic mass is 16.5. The van der Waals surface area contributed by atoms with E-state index in [4.69, 9.17) is 9.47 Å². The van der Waals surface area contributed by atoms with Crippen LogP contribution in [0.5, 0.6) is 0 Å². The number of nitrogens with one attached hydrogen (secondary N) is 2. The molecule has 2 N–H and O–H groups in total. The fourth-order valence-electron chi connectivity index (χ4n) is 3.69. The van der Waals surface area contributed by atoms with Gasteiger partial charge in [-0.3, -0.25) is 4.79 Å². The number of ether oxygens (including phenoxy) is 2. The van der Waals surface area contributed by atoms with Gasteiger partial charge in [0.1, 0.15) is 5.65 Å². The molecule has 0 radical (unpaired) electrons. The van der Waals surface area contributed by atoms with Gasteiger partial charge in [-0.15, -0.1) is 0 Å². The van der Waals surface area contributed by atoms with Gasteiger partial charge in [-0.2, -0.15) is 0 Å². The van der Waals surface area contributed by atoms with E-state index in [1.807, 2.05) is 12.1 Å². The van der Waals surface area contributed by atoms with Crippen molar-refractivity contribution in [3.8, 4) is 0 Å². The predicted molar refractivity (Wildman–Crippen MR) is 104 cm³/mol. The molecular weight excluding hydrogens is 358 g/mol. The largest absolute Gasteiger partial charge is 0.462 e. The highest BCUT2D eigenvalue weighted by molar-refractivity contribution is 6.26. The Labute approximate surface area is 162 Å². The maximum absolute atomic E-state index is 12.9. The molecular formula is C21H23N3O4. The van der Waals surface area contributed by atoms with Gasteiger partial charge >= 0.3 is 5.97 Å². The summed E-state index contributed by atoms with van der Waals surface area (Å²) in [5.74, 6) is -0.810. The molecule has 1 aliphatic carbocycles. The number of allylic oxidation sites excluding steroid dienone is 1. The van der Waals surface area contributed by atoms with Gasteiger partial charge in [0.15, 0.2) is 11.3 Å². The van der Waals surface area contributed by atoms with Crippen molar-refractivity contribution in [1.29, 1.82) is 0 Å². The van der Waals surface area contributed by atoms with E-state index in [2.05, 4.69) is 15.3 Å². The van der Waals surface area contributed by atoms with Crippen LogP contribution in [0.15, 0.2) is 41.7 Å². The SMILES string of the molecule is CCOC(=O)C1=C(NC2CCCCC2)O/C(=C\c2c[nH]c3ncccc23)C1=O. The fourth-order valence-corrected chi connectivity index (χ4v) is 3.69. The highest BCUT2D eigenvalue weighted by Crippen LogP contribution is 2.29. The van der Waals surface area contributed by atoms with Crippen LogP contribution < -0.4 is 5.32 Å². The average molecular weight is 381 g/mol. The Balaban J connectivity index is 1.64. The van der Waals surface area contributed by atoms with Crippen LogP contribution in [-0.2, 0) is 19.1 Å². The molecule has 2 aromatic heterocycles. The molecule has 2 aromatic rings. The molecule has 1 saturated carbocycles. The van der Waals surface area contributed by atoms with Crippen LogP contribution in [0.25, 0.3) is 17.1 Å². The van der Waals surface area contributed by atoms with E-state index in [1.165, 1.54) is 6.42 Å². The molecule has 0 saturated heterocycles. The Kier molecular flexibility index (Phi) is 5.14. The molecule has 4 rings (SSSR count). The second-order valence-electron chi connectivity index (χ2n) is 6.99. The van der Waals surface area contributed by atoms with Crippen LogP contribution in [0.4, 0.5) is 0 Å². The smallest absolute Gasteiger partial charge is 0.347 e. The third-order valence-electron chi connectivity index (χ3n) is 5.08. The maximum atomic E-state index is 12.9. The standard InChI is InChI=1S/C21H23N3O4/c1-2-27-21(26)17-18(25)16(28-20(17)24-14-7-4-3-5-8-14)11-13-12-23-19-15(13)9-6-10-22-19/h6,9-12,14,24H,2-5,7-8H2,1H3,(H,22,23)/b16-11-. The van der Waals surface area contributed by atoms with E-state index in [0.717, 1.165) is 42.3 Å². The molecule has 3 heterocycles. The first-order valence-corrected chi connectivity index (χ1v) is 9.71. The van der Waals surface area contributed by atoms with Gasteiger partial charge < -0.3 is 19.8 Å². The van der Waals surface area contributed by atoms with Crippen LogP contribution in [0.2, 0.25) is 0 Å². The molecule has 0 aromatic carbocycles. The Morgan fingerprint density at radius 1 is 1.39 bits per heavy atom. The van der Waals surface area contributed by atoms with E-state index in [-0.39, 0.29) is 29.9 Å². The lowest BCUT2D eigenvalue weighted by atomic mass is 9.95. The molecule has 7 nitrogen and oxygen atoms in total. The number of rotatable bonds is 5. The number of aromatic amines is 1. The van der Waals surface area contributed by atoms with E-state index in [0.29, 0.717) is 0 Å². The van der Waals surface area contributed by atoms with Crippen LogP contribution in [0.3, 0.4) is 0 Å². The number of pyridine rings is 1. The molecule has 0 amide bonds. The van der Waals surface area contributed by atoms with Crippen molar-refractivity contribution in [3.63, 3.8) is 0 Å². The number of ketones is 1. The number of nitrogens with zero attached hydrogens (tertiary/aromatic N) is 1. The Morgan fingerprint density at radius 2 is 2.21 bits per heavy atom. The first kappa shape index (κ1) is 18.3. The summed E-state index contributed by atoms with van der Waals surface area (Å²) >= 11 is 0. The third-order valence-corrected chi connectivity index (χ3v) is 5.08. The molecule has 0 unspecified atom stereocenters. The van der Waals surface area contributed by atoms with Crippen molar-refractivity contribution < 1.29 is 19.1 Å². The minimum absolute atomic E-state index is 0.0587. The van der Waals surface area contributed by atoms with Crippen LogP contribution in [0, 0.1) is 0 Å². The summed E-state index contributed by atoms with van der Waals surface area (Å²) in [5, 5.41) is 4.13. The first-order valence-electron chi connectivity index (χ1n) is 9.71. The Bertz CT molecular complexity index is 967. The van der Waals surface area contributed by atoms with E-state index in [1.54, 1.807) is 25.4 Å². The number of Topliss-reactive ketones (excluding diaryl/α,β-unsaturated/α-hetero) is 1. The lowest BCUT2D eigenvalue weighted by molar-refractivity contribution is -0.139. The lowest BCUT2D eigenvalue weighted by Crippen LogP contribution is -2.32. The molecule has 7 heteroatoms. The van der Waals surface area contributed by atoms with Gasteiger partial charge in [0.05, 0.1) is 6.61 Å². The summed E-state index contributed by atoms with van der Waals surface area (Å²) in [7, 11) is 0. The number of carbonyl (C=O) groups is 2. The number of hydrogen-bond acceptors (Lipinski definition) is 6. The molecule has 1 aliphatic heterocycles. The van der Waals surface area contributed by atoms with E-state index < -0.39 is 11.8 Å². The van der Waals surface area contributed by atoms with Gasteiger partial charge in [0.25, 0.3) is 0 Å². The highest BCUT2D eigenvalue weighted by Gasteiger charge is 2.37. The van der Waals surface area contributed by atoms with Crippen molar-refractivity contribution >= 4 is 28.9 Å². The summed E-state index contributed by atoms with van der Waals surface area (Å²) in [6.45, 7) is 1.90. The fraction of sp³-hybridized carbons (Fsp3) is 0.381. The van der Waals surface area contributed by atoms with Gasteiger partial charge in [0.2, 0.25) is 11.7 Å². The number of H-pyrrole nitrogens is 1. The van der Waals surface area contributed by atoms with Crippen LogP contribution in [-0.4, -0.2) is 34.4 Å². The second kappa shape index (κ2) is 7.88. The first-order chi connectivity index (χ1) is 13.7. The summed E-state index contributed by atoms with van der Waals surface area (Å²) in [5.41, 5.74) is 1.43. The minimum atomic E-state index is -0.658. The molecule has 2 aliphatic rings. The summed E-state index contributed by atoms with van der Waals surface area (Å²) in [6.07, 6.45) is 10.5. The maximum Gasteiger partial charge on any atom is 0.347 e. The Morgan fingerprint density at radius 3 is 3.00 bits per heavy atom. The lowest BCUT2D eigenvalue weighted by Gasteiger charge is -2.24. The van der Waals surface area contributed by atoms with E-state index in [9.17, 15) is 9.59 Å². The van der Waals surface area contributed by atoms with Crippen LogP contribution >= 0.6 is 0 Å². The number of hydrogen-bond donors (Lipinski definition) is 2. The summed E-state index contributed by atoms with van der Waals surface area (Å²) < 4.78 is 10.9. The molecule has 146 valence electrons. The number of aromatic nitrogens is 2. The number of carbonyl (C=O) groups excluding carboxylic acids is 2. The topological polar surface area (TPSA) is 93.3 Å². The summed E-state index contributed by atoms with van der Waals surface area (Å²) in [4.78, 5) is 32.6. The zero-order valence-electron chi connectivity index (χ0n) is 15.8. The van der Waals surface area contributed by atoms with Crippen molar-refractivity contribution in [2.45, 2.75) is 45.1 Å². The monoisotopic (exact) mass is 381 g/mol. The molecule has 0 spiro atoms. The zero-order chi connectivity index (χ0) is 19.5. The number of esters is 1. The van der Waals surface area contributed by atoms with Gasteiger partial charge in [0, 0.05) is 29.4 Å². The molecule has 1 fully saturated rings. The summed E-state index contributed by atoms with van der Waals surface area (Å²) in [6, 6.07) is 3.93. The average Bonchev–Trinajstić information content (AvgIpc) is 3.24. The quantitative estimate of drug-likeness (QED) is 0.469. The second-order valence-corrected chi connectivity index (χ2v) is 6.99. The van der Waals surface area contributed by atoms with Gasteiger partial charge in [-0.1, -0.05) is 19.3 Å². The zero-order valence-corrected chi connectivity index (χ0v) is 15.8. The minimum Gasteiger partial charge on any atom is -0.462 e. The normalized spacial score (nSPS) is 19.3. The van der Waals surface area contributed by atoms with Crippen molar-refractivity contribution in [3.05, 3.63) is 47.3 Å². The molecule has 0 atom stereocenters. The van der Waals surface area contributed by atoms with Gasteiger partial charge in [-0.05, 0) is 38.0 Å². The predicted octanol–water partition coefficient (Wildman–Crippen LogP) is 3.20. The van der Waals surface area contributed by atoms with Crippen molar-refractivity contribution in [2.75, 3.05) is 6.61 Å². The molecule has 28 heavy (non-hydrogen) atoms. The molecule has 0 bridgehead atoms.